The summed E-state index contributed by atoms with van der Waals surface area (Å²) in [6.45, 7) is 1.46. The Balaban J connectivity index is 1.68. The van der Waals surface area contributed by atoms with Gasteiger partial charge in [-0.05, 0) is 69.8 Å². The van der Waals surface area contributed by atoms with Gasteiger partial charge in [-0.15, -0.1) is 0 Å². The largest absolute Gasteiger partial charge is 0.492 e. The van der Waals surface area contributed by atoms with Crippen LogP contribution in [-0.2, 0) is 0 Å². The third-order valence-electron chi connectivity index (χ3n) is 6.29. The number of carbonyl (C=O) groups excluding carboxylic acids is 1. The van der Waals surface area contributed by atoms with Gasteiger partial charge in [0, 0.05) is 29.9 Å². The van der Waals surface area contributed by atoms with Crippen molar-refractivity contribution in [2.24, 2.45) is 0 Å². The van der Waals surface area contributed by atoms with Crippen molar-refractivity contribution in [1.82, 2.24) is 20.2 Å². The van der Waals surface area contributed by atoms with E-state index in [1.165, 1.54) is 6.42 Å². The molecule has 8 heteroatoms. The number of hydrogen-bond acceptors (Lipinski definition) is 5. The average Bonchev–Trinajstić information content (AvgIpc) is 2.88. The van der Waals surface area contributed by atoms with E-state index in [1.54, 1.807) is 30.5 Å². The molecule has 4 rings (SSSR count). The number of rotatable bonds is 9. The highest BCUT2D eigenvalue weighted by Gasteiger charge is 2.21. The van der Waals surface area contributed by atoms with E-state index in [9.17, 15) is 4.79 Å². The summed E-state index contributed by atoms with van der Waals surface area (Å²) in [5.74, 6) is 0.404. The van der Waals surface area contributed by atoms with Gasteiger partial charge in [0.2, 0.25) is 0 Å². The second kappa shape index (κ2) is 12.5. The maximum absolute atomic E-state index is 13.1. The van der Waals surface area contributed by atoms with Crippen molar-refractivity contribution < 1.29 is 9.53 Å². The van der Waals surface area contributed by atoms with Crippen LogP contribution in [0.5, 0.6) is 5.75 Å². The van der Waals surface area contributed by atoms with E-state index in [2.05, 4.69) is 15.2 Å². The van der Waals surface area contributed by atoms with Gasteiger partial charge in [0.15, 0.2) is 0 Å². The normalized spacial score (nSPS) is 14.1. The monoisotopic (exact) mass is 526 g/mol. The van der Waals surface area contributed by atoms with E-state index < -0.39 is 0 Å². The van der Waals surface area contributed by atoms with Crippen molar-refractivity contribution in [3.05, 3.63) is 64.4 Å². The number of carbonyl (C=O) groups is 1. The van der Waals surface area contributed by atoms with Crippen LogP contribution in [0.2, 0.25) is 10.0 Å². The van der Waals surface area contributed by atoms with E-state index in [0.717, 1.165) is 49.8 Å². The zero-order valence-corrected chi connectivity index (χ0v) is 22.3. The molecular formula is C28H32Cl2N4O2. The number of amides is 1. The first-order valence-electron chi connectivity index (χ1n) is 12.4. The van der Waals surface area contributed by atoms with Crippen LogP contribution in [0.3, 0.4) is 0 Å². The lowest BCUT2D eigenvalue weighted by molar-refractivity contribution is 0.0923. The Hall–Kier alpha value is -2.67. The number of nitrogens with zero attached hydrogens (tertiary/aromatic N) is 3. The molecule has 1 N–H and O–H groups in total. The van der Waals surface area contributed by atoms with Gasteiger partial charge >= 0.3 is 0 Å². The fourth-order valence-corrected chi connectivity index (χ4v) is 4.81. The van der Waals surface area contributed by atoms with Crippen LogP contribution in [0.25, 0.3) is 22.5 Å². The number of aromatic nitrogens is 2. The molecule has 0 bridgehead atoms. The van der Waals surface area contributed by atoms with Crippen LogP contribution in [0, 0.1) is 0 Å². The SMILES string of the molecule is CN(C)CCCOc1cc(-c2nc(C(=O)NC3CCCCC3)ccc2-c2ncccc2Cl)ccc1Cl. The molecule has 1 saturated carbocycles. The number of halogens is 2. The topological polar surface area (TPSA) is 67.3 Å². The summed E-state index contributed by atoms with van der Waals surface area (Å²) in [5.41, 5.74) is 3.06. The Morgan fingerprint density at radius 3 is 2.61 bits per heavy atom. The molecule has 6 nitrogen and oxygen atoms in total. The molecule has 0 aliphatic heterocycles. The summed E-state index contributed by atoms with van der Waals surface area (Å²) in [6, 6.07) is 12.9. The lowest BCUT2D eigenvalue weighted by atomic mass is 9.95. The van der Waals surface area contributed by atoms with Crippen molar-refractivity contribution in [3.8, 4) is 28.3 Å². The standard InChI is InChI=1S/C28H32Cl2N4O2/c1-34(2)16-7-17-36-25-18-19(11-13-22(25)29)26-21(27-23(30)10-6-15-31-27)12-14-24(33-26)28(35)32-20-8-4-3-5-9-20/h6,10-15,18,20H,3-5,7-9,16-17H2,1-2H3,(H,32,35). The number of hydrogen-bond donors (Lipinski definition) is 1. The first-order chi connectivity index (χ1) is 17.4. The van der Waals surface area contributed by atoms with Crippen molar-refractivity contribution >= 4 is 29.1 Å². The predicted molar refractivity (Wildman–Crippen MR) is 146 cm³/mol. The van der Waals surface area contributed by atoms with Crippen LogP contribution < -0.4 is 10.1 Å². The van der Waals surface area contributed by atoms with Crippen molar-refractivity contribution in [2.45, 2.75) is 44.6 Å². The lowest BCUT2D eigenvalue weighted by Crippen LogP contribution is -2.36. The fraction of sp³-hybridized carbons (Fsp3) is 0.393. The summed E-state index contributed by atoms with van der Waals surface area (Å²) in [7, 11) is 4.06. The minimum absolute atomic E-state index is 0.170. The maximum atomic E-state index is 13.1. The molecule has 2 aromatic heterocycles. The molecule has 0 radical (unpaired) electrons. The van der Waals surface area contributed by atoms with Gasteiger partial charge in [0.25, 0.3) is 5.91 Å². The summed E-state index contributed by atoms with van der Waals surface area (Å²) in [6.07, 6.45) is 8.08. The summed E-state index contributed by atoms with van der Waals surface area (Å²) >= 11 is 12.9. The minimum atomic E-state index is -0.170. The molecule has 0 saturated heterocycles. The van der Waals surface area contributed by atoms with Gasteiger partial charge in [-0.2, -0.15) is 0 Å². The molecule has 190 valence electrons. The number of nitrogens with one attached hydrogen (secondary N) is 1. The van der Waals surface area contributed by atoms with Crippen molar-refractivity contribution in [1.29, 1.82) is 0 Å². The first kappa shape index (κ1) is 26.4. The molecule has 0 atom stereocenters. The van der Waals surface area contributed by atoms with Crippen molar-refractivity contribution in [3.63, 3.8) is 0 Å². The Morgan fingerprint density at radius 2 is 1.86 bits per heavy atom. The van der Waals surface area contributed by atoms with E-state index in [0.29, 0.717) is 39.5 Å². The Morgan fingerprint density at radius 1 is 1.06 bits per heavy atom. The van der Waals surface area contributed by atoms with Gasteiger partial charge in [0.1, 0.15) is 11.4 Å². The highest BCUT2D eigenvalue weighted by atomic mass is 35.5. The molecule has 1 amide bonds. The molecule has 3 aromatic rings. The van der Waals surface area contributed by atoms with Gasteiger partial charge < -0.3 is 15.0 Å². The van der Waals surface area contributed by atoms with Crippen LogP contribution >= 0.6 is 23.2 Å². The van der Waals surface area contributed by atoms with Crippen LogP contribution in [-0.4, -0.2) is 54.1 Å². The molecule has 1 aliphatic rings. The van der Waals surface area contributed by atoms with Gasteiger partial charge in [-0.25, -0.2) is 4.98 Å². The quantitative estimate of drug-likeness (QED) is 0.322. The summed E-state index contributed by atoms with van der Waals surface area (Å²) < 4.78 is 5.99. The third kappa shape index (κ3) is 6.75. The molecule has 2 heterocycles. The Bertz CT molecular complexity index is 1200. The minimum Gasteiger partial charge on any atom is -0.492 e. The van der Waals surface area contributed by atoms with Gasteiger partial charge in [-0.3, -0.25) is 9.78 Å². The lowest BCUT2D eigenvalue weighted by Gasteiger charge is -2.22. The van der Waals surface area contributed by atoms with Crippen LogP contribution in [0.1, 0.15) is 49.0 Å². The van der Waals surface area contributed by atoms with Crippen LogP contribution in [0.4, 0.5) is 0 Å². The zero-order valence-electron chi connectivity index (χ0n) is 20.8. The average molecular weight is 527 g/mol. The molecule has 36 heavy (non-hydrogen) atoms. The van der Waals surface area contributed by atoms with E-state index >= 15 is 0 Å². The molecule has 1 aliphatic carbocycles. The second-order valence-corrected chi connectivity index (χ2v) is 10.2. The molecule has 0 spiro atoms. The first-order valence-corrected chi connectivity index (χ1v) is 13.2. The maximum Gasteiger partial charge on any atom is 0.270 e. The molecular weight excluding hydrogens is 495 g/mol. The van der Waals surface area contributed by atoms with E-state index in [1.807, 2.05) is 32.3 Å². The fourth-order valence-electron chi connectivity index (χ4n) is 4.41. The number of pyridine rings is 2. The molecule has 1 fully saturated rings. The Labute approximate surface area is 223 Å². The van der Waals surface area contributed by atoms with Crippen LogP contribution in [0.15, 0.2) is 48.7 Å². The smallest absolute Gasteiger partial charge is 0.270 e. The van der Waals surface area contributed by atoms with E-state index in [4.69, 9.17) is 32.9 Å². The van der Waals surface area contributed by atoms with Gasteiger partial charge in [-0.1, -0.05) is 48.5 Å². The summed E-state index contributed by atoms with van der Waals surface area (Å²) in [4.78, 5) is 24.5. The number of ether oxygens (including phenoxy) is 1. The van der Waals surface area contributed by atoms with Gasteiger partial charge in [0.05, 0.1) is 28.0 Å². The highest BCUT2D eigenvalue weighted by Crippen LogP contribution is 2.37. The Kier molecular flexibility index (Phi) is 9.19. The number of benzene rings is 1. The third-order valence-corrected chi connectivity index (χ3v) is 6.91. The highest BCUT2D eigenvalue weighted by molar-refractivity contribution is 6.33. The molecule has 0 unspecified atom stereocenters. The summed E-state index contributed by atoms with van der Waals surface area (Å²) in [5, 5.41) is 4.18. The van der Waals surface area contributed by atoms with Crippen molar-refractivity contribution in [2.75, 3.05) is 27.2 Å². The zero-order chi connectivity index (χ0) is 25.5. The second-order valence-electron chi connectivity index (χ2n) is 9.39. The molecule has 1 aromatic carbocycles. The van der Waals surface area contributed by atoms with E-state index in [-0.39, 0.29) is 11.9 Å². The predicted octanol–water partition coefficient (Wildman–Crippen LogP) is 6.51.